The van der Waals surface area contributed by atoms with Crippen molar-refractivity contribution in [2.75, 3.05) is 11.9 Å². The molecule has 1 aromatic carbocycles. The molecule has 1 aliphatic rings. The van der Waals surface area contributed by atoms with Crippen LogP contribution >= 0.6 is 0 Å². The molecule has 3 N–H and O–H groups in total. The highest BCUT2D eigenvalue weighted by Gasteiger charge is 2.41. The minimum Gasteiger partial charge on any atom is -0.351 e. The Kier molecular flexibility index (Phi) is 6.77. The lowest BCUT2D eigenvalue weighted by Crippen LogP contribution is -2.49. The number of piperidine rings is 1. The molecular weight excluding hydrogens is 444 g/mol. The summed E-state index contributed by atoms with van der Waals surface area (Å²) in [5.74, 6) is -1.18. The Morgan fingerprint density at radius 3 is 2.50 bits per heavy atom. The van der Waals surface area contributed by atoms with E-state index in [0.717, 1.165) is 12.1 Å². The Balaban J connectivity index is 1.80. The topological polar surface area (TPSA) is 91.5 Å². The number of benzene rings is 1. The first-order chi connectivity index (χ1) is 14.9. The van der Waals surface area contributed by atoms with E-state index in [9.17, 15) is 31.1 Å². The molecule has 13 heteroatoms. The molecule has 7 nitrogen and oxygen atoms in total. The van der Waals surface area contributed by atoms with Gasteiger partial charge < -0.3 is 15.2 Å². The normalized spacial score (nSPS) is 20.2. The number of carbonyl (C=O) groups excluding carboxylic acids is 1. The molecule has 174 valence electrons. The van der Waals surface area contributed by atoms with Crippen molar-refractivity contribution in [1.82, 2.24) is 15.8 Å². The third kappa shape index (κ3) is 6.22. The SMILES string of the molecule is Cc1cc(C(=O)NC(=NC2CCC(C(F)(F)F)NC2)Nc2cccc(C(F)(F)F)c2)on1. The predicted octanol–water partition coefficient (Wildman–Crippen LogP) is 3.88. The maximum Gasteiger partial charge on any atom is 0.416 e. The highest BCUT2D eigenvalue weighted by atomic mass is 19.4. The van der Waals surface area contributed by atoms with E-state index in [1.54, 1.807) is 6.92 Å². The van der Waals surface area contributed by atoms with Gasteiger partial charge in [0.15, 0.2) is 0 Å². The maximum absolute atomic E-state index is 13.0. The van der Waals surface area contributed by atoms with Crippen molar-refractivity contribution in [3.8, 4) is 0 Å². The molecule has 32 heavy (non-hydrogen) atoms. The summed E-state index contributed by atoms with van der Waals surface area (Å²) in [5, 5.41) is 10.9. The van der Waals surface area contributed by atoms with Crippen molar-refractivity contribution in [2.45, 2.75) is 44.2 Å². The van der Waals surface area contributed by atoms with Gasteiger partial charge in [0.05, 0.1) is 17.3 Å². The van der Waals surface area contributed by atoms with Crippen LogP contribution in [-0.2, 0) is 6.18 Å². The van der Waals surface area contributed by atoms with E-state index in [0.29, 0.717) is 5.69 Å². The molecule has 2 aromatic rings. The van der Waals surface area contributed by atoms with E-state index in [-0.39, 0.29) is 36.8 Å². The lowest BCUT2D eigenvalue weighted by atomic mass is 10.0. The lowest BCUT2D eigenvalue weighted by Gasteiger charge is -2.29. The van der Waals surface area contributed by atoms with E-state index in [4.69, 9.17) is 4.52 Å². The second-order valence-electron chi connectivity index (χ2n) is 7.20. The van der Waals surface area contributed by atoms with E-state index in [1.807, 2.05) is 0 Å². The van der Waals surface area contributed by atoms with Gasteiger partial charge in [-0.1, -0.05) is 11.2 Å². The summed E-state index contributed by atoms with van der Waals surface area (Å²) in [6.45, 7) is 1.45. The first kappa shape index (κ1) is 23.6. The van der Waals surface area contributed by atoms with Gasteiger partial charge in [0.1, 0.15) is 6.04 Å². The van der Waals surface area contributed by atoms with Crippen molar-refractivity contribution < 1.29 is 35.7 Å². The van der Waals surface area contributed by atoms with E-state index < -0.39 is 35.9 Å². The number of hydrogen-bond donors (Lipinski definition) is 3. The second kappa shape index (κ2) is 9.18. The zero-order valence-electron chi connectivity index (χ0n) is 16.6. The molecule has 2 atom stereocenters. The average Bonchev–Trinajstić information content (AvgIpc) is 3.14. The number of anilines is 1. The van der Waals surface area contributed by atoms with Crippen LogP contribution in [-0.4, -0.2) is 41.8 Å². The summed E-state index contributed by atoms with van der Waals surface area (Å²) in [6.07, 6.45) is -9.16. The summed E-state index contributed by atoms with van der Waals surface area (Å²) in [5.41, 5.74) is -0.523. The highest BCUT2D eigenvalue weighted by molar-refractivity contribution is 6.09. The predicted molar refractivity (Wildman–Crippen MR) is 102 cm³/mol. The largest absolute Gasteiger partial charge is 0.416 e. The van der Waals surface area contributed by atoms with Gasteiger partial charge in [0.25, 0.3) is 5.91 Å². The molecule has 0 spiro atoms. The molecule has 2 heterocycles. The number of nitrogens with one attached hydrogen (secondary N) is 3. The van der Waals surface area contributed by atoms with Crippen LogP contribution < -0.4 is 16.0 Å². The van der Waals surface area contributed by atoms with E-state index in [2.05, 4.69) is 26.1 Å². The summed E-state index contributed by atoms with van der Waals surface area (Å²) in [6, 6.07) is 3.21. The number of alkyl halides is 6. The molecule has 1 amide bonds. The van der Waals surface area contributed by atoms with Gasteiger partial charge in [-0.2, -0.15) is 26.3 Å². The second-order valence-corrected chi connectivity index (χ2v) is 7.20. The zero-order valence-corrected chi connectivity index (χ0v) is 16.6. The minimum atomic E-state index is -4.59. The fraction of sp³-hybridized carbons (Fsp3) is 0.421. The Bertz CT molecular complexity index is 977. The average molecular weight is 463 g/mol. The van der Waals surface area contributed by atoms with Crippen molar-refractivity contribution in [2.24, 2.45) is 4.99 Å². The van der Waals surface area contributed by atoms with Crippen molar-refractivity contribution >= 4 is 17.6 Å². The number of guanidine groups is 1. The number of aryl methyl sites for hydroxylation is 1. The number of halogens is 6. The molecule has 0 aliphatic carbocycles. The summed E-state index contributed by atoms with van der Waals surface area (Å²) in [7, 11) is 0. The number of hydrogen-bond acceptors (Lipinski definition) is 5. The number of nitrogens with zero attached hydrogens (tertiary/aromatic N) is 2. The van der Waals surface area contributed by atoms with Gasteiger partial charge in [-0.05, 0) is 38.0 Å². The molecule has 1 saturated heterocycles. The molecule has 1 aromatic heterocycles. The van der Waals surface area contributed by atoms with Crippen LogP contribution in [0.5, 0.6) is 0 Å². The number of rotatable bonds is 3. The quantitative estimate of drug-likeness (QED) is 0.365. The number of carbonyl (C=O) groups is 1. The highest BCUT2D eigenvalue weighted by Crippen LogP contribution is 2.31. The summed E-state index contributed by atoms with van der Waals surface area (Å²) < 4.78 is 82.4. The minimum absolute atomic E-state index is 0.0236. The Morgan fingerprint density at radius 1 is 1.19 bits per heavy atom. The molecule has 0 bridgehead atoms. The standard InChI is InChI=1S/C19H19F6N5O2/c1-10-7-14(32-30-10)16(31)29-17(27-12-4-2-3-11(8-12)18(20,21)22)28-13-5-6-15(26-9-13)19(23,24)25/h2-4,7-8,13,15,26H,5-6,9H2,1H3,(H2,27,28,29,31). The Morgan fingerprint density at radius 2 is 1.94 bits per heavy atom. The van der Waals surface area contributed by atoms with Gasteiger partial charge in [-0.3, -0.25) is 10.1 Å². The molecule has 0 saturated carbocycles. The molecule has 1 fully saturated rings. The Hall–Kier alpha value is -3.09. The molecule has 1 aliphatic heterocycles. The van der Waals surface area contributed by atoms with Crippen LogP contribution in [0.2, 0.25) is 0 Å². The fourth-order valence-electron chi connectivity index (χ4n) is 3.06. The van der Waals surface area contributed by atoms with Crippen molar-refractivity contribution in [3.63, 3.8) is 0 Å². The first-order valence-corrected chi connectivity index (χ1v) is 9.48. The zero-order chi connectivity index (χ0) is 23.5. The van der Waals surface area contributed by atoms with Gasteiger partial charge in [0, 0.05) is 18.3 Å². The fourth-order valence-corrected chi connectivity index (χ4v) is 3.06. The lowest BCUT2D eigenvalue weighted by molar-refractivity contribution is -0.160. The van der Waals surface area contributed by atoms with Gasteiger partial charge in [0.2, 0.25) is 11.7 Å². The van der Waals surface area contributed by atoms with E-state index in [1.165, 1.54) is 18.2 Å². The third-order valence-corrected chi connectivity index (χ3v) is 4.63. The molecule has 0 radical (unpaired) electrons. The summed E-state index contributed by atoms with van der Waals surface area (Å²) >= 11 is 0. The van der Waals surface area contributed by atoms with Crippen LogP contribution in [0, 0.1) is 6.92 Å². The van der Waals surface area contributed by atoms with Crippen LogP contribution in [0.3, 0.4) is 0 Å². The molecular formula is C19H19F6N5O2. The van der Waals surface area contributed by atoms with Crippen LogP contribution in [0.1, 0.15) is 34.7 Å². The van der Waals surface area contributed by atoms with Crippen LogP contribution in [0.15, 0.2) is 39.8 Å². The maximum atomic E-state index is 13.0. The molecule has 3 rings (SSSR count). The number of aliphatic imine (C=N–C) groups is 1. The number of aromatic nitrogens is 1. The van der Waals surface area contributed by atoms with E-state index >= 15 is 0 Å². The third-order valence-electron chi connectivity index (χ3n) is 4.63. The van der Waals surface area contributed by atoms with Crippen LogP contribution in [0.4, 0.5) is 32.0 Å². The van der Waals surface area contributed by atoms with Crippen molar-refractivity contribution in [3.05, 3.63) is 47.3 Å². The van der Waals surface area contributed by atoms with Gasteiger partial charge in [-0.15, -0.1) is 0 Å². The molecule has 2 unspecified atom stereocenters. The smallest absolute Gasteiger partial charge is 0.351 e. The van der Waals surface area contributed by atoms with Crippen molar-refractivity contribution in [1.29, 1.82) is 0 Å². The monoisotopic (exact) mass is 463 g/mol. The summed E-state index contributed by atoms with van der Waals surface area (Å²) in [4.78, 5) is 16.6. The number of amides is 1. The first-order valence-electron chi connectivity index (χ1n) is 9.48. The van der Waals surface area contributed by atoms with Gasteiger partial charge in [-0.25, -0.2) is 4.99 Å². The van der Waals surface area contributed by atoms with Crippen LogP contribution in [0.25, 0.3) is 0 Å². The Labute approximate surface area is 178 Å². The van der Waals surface area contributed by atoms with Gasteiger partial charge >= 0.3 is 12.4 Å².